The number of hydrogen-bond donors (Lipinski definition) is 2. The van der Waals surface area contributed by atoms with E-state index in [-0.39, 0.29) is 18.1 Å². The Labute approximate surface area is 152 Å². The van der Waals surface area contributed by atoms with E-state index >= 15 is 0 Å². The highest BCUT2D eigenvalue weighted by atomic mass is 35.5. The summed E-state index contributed by atoms with van der Waals surface area (Å²) in [6.45, 7) is 0.123. The molecule has 0 bridgehead atoms. The Bertz CT molecular complexity index is 976. The van der Waals surface area contributed by atoms with E-state index in [2.05, 4.69) is 25.5 Å². The fraction of sp³-hybridized carbons (Fsp3) is 0.0625. The van der Waals surface area contributed by atoms with Crippen molar-refractivity contribution in [3.8, 4) is 11.5 Å². The van der Waals surface area contributed by atoms with Crippen molar-refractivity contribution >= 4 is 29.1 Å². The van der Waals surface area contributed by atoms with Crippen LogP contribution in [0.15, 0.2) is 47.4 Å². The summed E-state index contributed by atoms with van der Waals surface area (Å²) in [5.41, 5.74) is 0.112. The zero-order chi connectivity index (χ0) is 17.8. The molecule has 0 spiro atoms. The molecule has 2 N–H and O–H groups in total. The Hall–Kier alpha value is -2.77. The highest BCUT2D eigenvalue weighted by Gasteiger charge is 2.15. The van der Waals surface area contributed by atoms with Crippen LogP contribution < -0.4 is 10.9 Å². The number of hydrogen-bond acceptors (Lipinski definition) is 5. The fourth-order valence-corrected chi connectivity index (χ4v) is 2.50. The Morgan fingerprint density at radius 3 is 2.68 bits per heavy atom. The molecule has 2 aromatic heterocycles. The number of aromatic nitrogens is 4. The molecule has 0 saturated heterocycles. The van der Waals surface area contributed by atoms with Crippen LogP contribution in [0.25, 0.3) is 11.5 Å². The van der Waals surface area contributed by atoms with Crippen molar-refractivity contribution in [3.05, 3.63) is 74.3 Å². The summed E-state index contributed by atoms with van der Waals surface area (Å²) in [7, 11) is 0. The largest absolute Gasteiger partial charge is 0.346 e. The molecule has 0 aliphatic heterocycles. The predicted octanol–water partition coefficient (Wildman–Crippen LogP) is 2.46. The topological polar surface area (TPSA) is 101 Å². The van der Waals surface area contributed by atoms with Gasteiger partial charge in [0, 0.05) is 22.8 Å². The molecule has 0 aliphatic carbocycles. The lowest BCUT2D eigenvalue weighted by Gasteiger charge is -2.06. The van der Waals surface area contributed by atoms with Crippen LogP contribution in [0.4, 0.5) is 0 Å². The SMILES string of the molecule is O=C(NCc1ccc(Cl)cc1Cl)c1nnc(-c2ccccn2)[nH]c1=O. The number of pyridine rings is 1. The maximum absolute atomic E-state index is 12.1. The van der Waals surface area contributed by atoms with Crippen LogP contribution in [0.1, 0.15) is 16.1 Å². The van der Waals surface area contributed by atoms with Crippen LogP contribution >= 0.6 is 23.2 Å². The number of rotatable bonds is 4. The summed E-state index contributed by atoms with van der Waals surface area (Å²) in [6, 6.07) is 10.1. The molecule has 0 unspecified atom stereocenters. The maximum atomic E-state index is 12.1. The first-order chi connectivity index (χ1) is 12.0. The Balaban J connectivity index is 1.75. The molecule has 0 saturated carbocycles. The molecule has 25 heavy (non-hydrogen) atoms. The average molecular weight is 376 g/mol. The molecule has 0 fully saturated rings. The maximum Gasteiger partial charge on any atom is 0.283 e. The van der Waals surface area contributed by atoms with E-state index in [1.165, 1.54) is 0 Å². The second-order valence-corrected chi connectivity index (χ2v) is 5.83. The molecule has 1 aromatic carbocycles. The van der Waals surface area contributed by atoms with Crippen molar-refractivity contribution in [2.24, 2.45) is 0 Å². The van der Waals surface area contributed by atoms with Crippen LogP contribution in [0, 0.1) is 0 Å². The van der Waals surface area contributed by atoms with Gasteiger partial charge in [-0.15, -0.1) is 10.2 Å². The highest BCUT2D eigenvalue weighted by Crippen LogP contribution is 2.20. The van der Waals surface area contributed by atoms with Gasteiger partial charge in [-0.3, -0.25) is 14.6 Å². The van der Waals surface area contributed by atoms with Crippen molar-refractivity contribution in [1.82, 2.24) is 25.5 Å². The van der Waals surface area contributed by atoms with Crippen molar-refractivity contribution in [2.45, 2.75) is 6.54 Å². The molecule has 2 heterocycles. The number of nitrogens with one attached hydrogen (secondary N) is 2. The Morgan fingerprint density at radius 2 is 2.00 bits per heavy atom. The summed E-state index contributed by atoms with van der Waals surface area (Å²) >= 11 is 11.9. The average Bonchev–Trinajstić information content (AvgIpc) is 2.61. The monoisotopic (exact) mass is 375 g/mol. The second kappa shape index (κ2) is 7.42. The molecule has 0 aliphatic rings. The minimum Gasteiger partial charge on any atom is -0.346 e. The molecular formula is C16H11Cl2N5O2. The van der Waals surface area contributed by atoms with Gasteiger partial charge in [0.25, 0.3) is 11.5 Å². The van der Waals surface area contributed by atoms with Crippen LogP contribution in [-0.4, -0.2) is 26.1 Å². The van der Waals surface area contributed by atoms with Gasteiger partial charge in [-0.2, -0.15) is 0 Å². The van der Waals surface area contributed by atoms with Crippen molar-refractivity contribution in [1.29, 1.82) is 0 Å². The van der Waals surface area contributed by atoms with E-state index in [1.54, 1.807) is 42.6 Å². The molecule has 3 aromatic rings. The van der Waals surface area contributed by atoms with Gasteiger partial charge in [0.05, 0.1) is 0 Å². The molecule has 3 rings (SSSR count). The Morgan fingerprint density at radius 1 is 1.16 bits per heavy atom. The van der Waals surface area contributed by atoms with Gasteiger partial charge in [0.2, 0.25) is 5.69 Å². The summed E-state index contributed by atoms with van der Waals surface area (Å²) in [6.07, 6.45) is 1.56. The fourth-order valence-electron chi connectivity index (χ4n) is 2.03. The van der Waals surface area contributed by atoms with Gasteiger partial charge in [0.15, 0.2) is 5.82 Å². The third-order valence-electron chi connectivity index (χ3n) is 3.27. The normalized spacial score (nSPS) is 10.5. The molecule has 0 atom stereocenters. The second-order valence-electron chi connectivity index (χ2n) is 4.98. The first-order valence-corrected chi connectivity index (χ1v) is 7.90. The standard InChI is InChI=1S/C16H11Cl2N5O2/c17-10-5-4-9(11(18)7-10)8-20-15(24)13-16(25)21-14(23-22-13)12-3-1-2-6-19-12/h1-7H,8H2,(H,20,24)(H,21,23,25). The number of amides is 1. The van der Waals surface area contributed by atoms with Crippen LogP contribution in [0.5, 0.6) is 0 Å². The molecule has 1 amide bonds. The van der Waals surface area contributed by atoms with Crippen molar-refractivity contribution in [2.75, 3.05) is 0 Å². The summed E-state index contributed by atoms with van der Waals surface area (Å²) < 4.78 is 0. The van der Waals surface area contributed by atoms with Gasteiger partial charge < -0.3 is 10.3 Å². The minimum atomic E-state index is -0.660. The van der Waals surface area contributed by atoms with E-state index in [0.717, 1.165) is 0 Å². The number of halogens is 2. The summed E-state index contributed by atoms with van der Waals surface area (Å²) in [4.78, 5) is 30.8. The van der Waals surface area contributed by atoms with Crippen LogP contribution in [0.3, 0.4) is 0 Å². The lowest BCUT2D eigenvalue weighted by molar-refractivity contribution is 0.0943. The summed E-state index contributed by atoms with van der Waals surface area (Å²) in [5.74, 6) is -0.477. The van der Waals surface area contributed by atoms with Crippen LogP contribution in [0.2, 0.25) is 10.0 Å². The van der Waals surface area contributed by atoms with Crippen LogP contribution in [-0.2, 0) is 6.54 Å². The van der Waals surface area contributed by atoms with E-state index in [4.69, 9.17) is 23.2 Å². The number of benzene rings is 1. The van der Waals surface area contributed by atoms with Gasteiger partial charge in [0.1, 0.15) is 5.69 Å². The minimum absolute atomic E-state index is 0.123. The number of aromatic amines is 1. The summed E-state index contributed by atoms with van der Waals surface area (Å²) in [5, 5.41) is 11.0. The zero-order valence-electron chi connectivity index (χ0n) is 12.7. The number of H-pyrrole nitrogens is 1. The first kappa shape index (κ1) is 17.1. The van der Waals surface area contributed by atoms with Gasteiger partial charge in [-0.05, 0) is 29.8 Å². The van der Waals surface area contributed by atoms with E-state index in [0.29, 0.717) is 21.3 Å². The van der Waals surface area contributed by atoms with E-state index < -0.39 is 11.5 Å². The number of carbonyl (C=O) groups excluding carboxylic acids is 1. The number of carbonyl (C=O) groups is 1. The predicted molar refractivity (Wildman–Crippen MR) is 93.5 cm³/mol. The Kier molecular flexibility index (Phi) is 5.06. The van der Waals surface area contributed by atoms with Crippen molar-refractivity contribution in [3.63, 3.8) is 0 Å². The van der Waals surface area contributed by atoms with Gasteiger partial charge >= 0.3 is 0 Å². The third-order valence-corrected chi connectivity index (χ3v) is 3.86. The lowest BCUT2D eigenvalue weighted by Crippen LogP contribution is -2.31. The third kappa shape index (κ3) is 4.01. The molecule has 126 valence electrons. The molecule has 0 radical (unpaired) electrons. The van der Waals surface area contributed by atoms with Gasteiger partial charge in [-0.1, -0.05) is 35.3 Å². The molecule has 9 heteroatoms. The van der Waals surface area contributed by atoms with Gasteiger partial charge in [-0.25, -0.2) is 0 Å². The zero-order valence-corrected chi connectivity index (χ0v) is 14.2. The van der Waals surface area contributed by atoms with E-state index in [1.807, 2.05) is 0 Å². The van der Waals surface area contributed by atoms with E-state index in [9.17, 15) is 9.59 Å². The quantitative estimate of drug-likeness (QED) is 0.729. The molecular weight excluding hydrogens is 365 g/mol. The first-order valence-electron chi connectivity index (χ1n) is 7.15. The smallest absolute Gasteiger partial charge is 0.283 e. The molecule has 7 nitrogen and oxygen atoms in total. The van der Waals surface area contributed by atoms with Crippen molar-refractivity contribution < 1.29 is 4.79 Å². The highest BCUT2D eigenvalue weighted by molar-refractivity contribution is 6.35. The lowest BCUT2D eigenvalue weighted by atomic mass is 10.2. The number of nitrogens with zero attached hydrogens (tertiary/aromatic N) is 3.